The number of rotatable bonds is 11. The van der Waals surface area contributed by atoms with Gasteiger partial charge < -0.3 is 14.4 Å². The third-order valence-electron chi connectivity index (χ3n) is 5.56. The SMILES string of the molecule is C=CCOc1ccccc1C(=O)N(CCc1cccc(OCc2ccccc2)c1)c1ccccc1. The van der Waals surface area contributed by atoms with Crippen LogP contribution in [0.1, 0.15) is 21.5 Å². The molecule has 0 heterocycles. The van der Waals surface area contributed by atoms with Crippen LogP contribution < -0.4 is 14.4 Å². The Labute approximate surface area is 207 Å². The standard InChI is InChI=1S/C31H29NO3/c1-2-22-34-30-19-10-9-18-29(30)31(33)32(27-15-7-4-8-16-27)21-20-25-14-11-17-28(23-25)35-24-26-12-5-3-6-13-26/h2-19,23H,1,20-22,24H2. The topological polar surface area (TPSA) is 38.8 Å². The highest BCUT2D eigenvalue weighted by molar-refractivity contribution is 6.07. The highest BCUT2D eigenvalue weighted by Crippen LogP contribution is 2.24. The van der Waals surface area contributed by atoms with Crippen LogP contribution in [0.15, 0.2) is 122 Å². The molecule has 0 fully saturated rings. The monoisotopic (exact) mass is 463 g/mol. The zero-order valence-corrected chi connectivity index (χ0v) is 19.7. The number of amides is 1. The van der Waals surface area contributed by atoms with Crippen molar-refractivity contribution in [3.8, 4) is 11.5 Å². The molecule has 0 aliphatic heterocycles. The number of benzene rings is 4. The molecule has 0 radical (unpaired) electrons. The van der Waals surface area contributed by atoms with E-state index in [1.54, 1.807) is 17.0 Å². The maximum Gasteiger partial charge on any atom is 0.262 e. The van der Waals surface area contributed by atoms with Crippen molar-refractivity contribution in [3.63, 3.8) is 0 Å². The van der Waals surface area contributed by atoms with E-state index < -0.39 is 0 Å². The minimum Gasteiger partial charge on any atom is -0.489 e. The predicted molar refractivity (Wildman–Crippen MR) is 141 cm³/mol. The van der Waals surface area contributed by atoms with Gasteiger partial charge in [0.2, 0.25) is 0 Å². The Morgan fingerprint density at radius 3 is 2.23 bits per heavy atom. The number of hydrogen-bond donors (Lipinski definition) is 0. The van der Waals surface area contributed by atoms with Gasteiger partial charge in [-0.25, -0.2) is 0 Å². The van der Waals surface area contributed by atoms with Crippen molar-refractivity contribution < 1.29 is 14.3 Å². The minimum absolute atomic E-state index is 0.104. The molecule has 0 saturated heterocycles. The molecule has 0 aliphatic rings. The summed E-state index contributed by atoms with van der Waals surface area (Å²) in [7, 11) is 0. The van der Waals surface area contributed by atoms with E-state index in [4.69, 9.17) is 9.47 Å². The normalized spacial score (nSPS) is 10.4. The molecule has 4 heteroatoms. The van der Waals surface area contributed by atoms with E-state index >= 15 is 0 Å². The Morgan fingerprint density at radius 1 is 0.771 bits per heavy atom. The van der Waals surface area contributed by atoms with Crippen LogP contribution in [0.2, 0.25) is 0 Å². The van der Waals surface area contributed by atoms with Crippen molar-refractivity contribution in [1.29, 1.82) is 0 Å². The maximum absolute atomic E-state index is 13.7. The molecule has 176 valence electrons. The van der Waals surface area contributed by atoms with Gasteiger partial charge in [0.05, 0.1) is 5.56 Å². The number of carbonyl (C=O) groups excluding carboxylic acids is 1. The van der Waals surface area contributed by atoms with Gasteiger partial charge in [-0.1, -0.05) is 85.5 Å². The van der Waals surface area contributed by atoms with Gasteiger partial charge in [-0.15, -0.1) is 0 Å². The van der Waals surface area contributed by atoms with Crippen LogP contribution in [0.5, 0.6) is 11.5 Å². The van der Waals surface area contributed by atoms with Gasteiger partial charge in [-0.2, -0.15) is 0 Å². The van der Waals surface area contributed by atoms with Crippen molar-refractivity contribution in [2.75, 3.05) is 18.1 Å². The lowest BCUT2D eigenvalue weighted by atomic mass is 10.1. The second-order valence-electron chi connectivity index (χ2n) is 8.06. The summed E-state index contributed by atoms with van der Waals surface area (Å²) in [6.07, 6.45) is 2.35. The molecule has 0 aliphatic carbocycles. The molecule has 0 bridgehead atoms. The van der Waals surface area contributed by atoms with Crippen molar-refractivity contribution in [3.05, 3.63) is 139 Å². The molecular formula is C31H29NO3. The Bertz CT molecular complexity index is 1240. The second-order valence-corrected chi connectivity index (χ2v) is 8.06. The van der Waals surface area contributed by atoms with Gasteiger partial charge >= 0.3 is 0 Å². The average Bonchev–Trinajstić information content (AvgIpc) is 2.92. The van der Waals surface area contributed by atoms with E-state index in [2.05, 4.69) is 12.6 Å². The molecule has 0 saturated carbocycles. The molecule has 4 aromatic carbocycles. The van der Waals surface area contributed by atoms with Crippen LogP contribution in [0.4, 0.5) is 5.69 Å². The van der Waals surface area contributed by atoms with Crippen LogP contribution >= 0.6 is 0 Å². The Hall–Kier alpha value is -4.31. The van der Waals surface area contributed by atoms with Crippen molar-refractivity contribution >= 4 is 11.6 Å². The summed E-state index contributed by atoms with van der Waals surface area (Å²) >= 11 is 0. The zero-order chi connectivity index (χ0) is 24.3. The molecule has 0 atom stereocenters. The van der Waals surface area contributed by atoms with E-state index in [1.807, 2.05) is 97.1 Å². The van der Waals surface area contributed by atoms with Gasteiger partial charge in [0.15, 0.2) is 0 Å². The molecule has 35 heavy (non-hydrogen) atoms. The minimum atomic E-state index is -0.104. The van der Waals surface area contributed by atoms with Crippen molar-refractivity contribution in [2.24, 2.45) is 0 Å². The summed E-state index contributed by atoms with van der Waals surface area (Å²) in [5.41, 5.74) is 3.59. The number of anilines is 1. The number of hydrogen-bond acceptors (Lipinski definition) is 3. The van der Waals surface area contributed by atoms with E-state index in [1.165, 1.54) is 0 Å². The molecule has 0 unspecified atom stereocenters. The molecule has 4 aromatic rings. The zero-order valence-electron chi connectivity index (χ0n) is 19.7. The summed E-state index contributed by atoms with van der Waals surface area (Å²) in [6, 6.07) is 35.2. The Morgan fingerprint density at radius 2 is 1.46 bits per heavy atom. The Kier molecular flexibility index (Phi) is 8.33. The number of ether oxygens (including phenoxy) is 2. The van der Waals surface area contributed by atoms with Crippen molar-refractivity contribution in [2.45, 2.75) is 13.0 Å². The fourth-order valence-corrected chi connectivity index (χ4v) is 3.79. The molecule has 1 amide bonds. The largest absolute Gasteiger partial charge is 0.489 e. The summed E-state index contributed by atoms with van der Waals surface area (Å²) in [5.74, 6) is 1.26. The van der Waals surface area contributed by atoms with Gasteiger partial charge in [0.25, 0.3) is 5.91 Å². The fourth-order valence-electron chi connectivity index (χ4n) is 3.79. The quantitative estimate of drug-likeness (QED) is 0.232. The van der Waals surface area contributed by atoms with Crippen molar-refractivity contribution in [1.82, 2.24) is 0 Å². The van der Waals surface area contributed by atoms with E-state index in [-0.39, 0.29) is 5.91 Å². The lowest BCUT2D eigenvalue weighted by Gasteiger charge is -2.24. The highest BCUT2D eigenvalue weighted by Gasteiger charge is 2.21. The summed E-state index contributed by atoms with van der Waals surface area (Å²) in [4.78, 5) is 15.5. The maximum atomic E-state index is 13.7. The first kappa shape index (κ1) is 23.8. The third-order valence-corrected chi connectivity index (χ3v) is 5.56. The van der Waals surface area contributed by atoms with E-state index in [0.29, 0.717) is 37.5 Å². The third kappa shape index (κ3) is 6.61. The van der Waals surface area contributed by atoms with Crippen LogP contribution in [0, 0.1) is 0 Å². The van der Waals surface area contributed by atoms with Crippen LogP contribution in [0.3, 0.4) is 0 Å². The van der Waals surface area contributed by atoms with Gasteiger partial charge in [0.1, 0.15) is 24.7 Å². The number of para-hydroxylation sites is 2. The number of carbonyl (C=O) groups is 1. The van der Waals surface area contributed by atoms with Crippen LogP contribution in [-0.2, 0) is 13.0 Å². The lowest BCUT2D eigenvalue weighted by Crippen LogP contribution is -2.33. The fraction of sp³-hybridized carbons (Fsp3) is 0.129. The molecule has 0 N–H and O–H groups in total. The summed E-state index contributed by atoms with van der Waals surface area (Å²) in [6.45, 7) is 5.07. The van der Waals surface area contributed by atoms with Crippen LogP contribution in [0.25, 0.3) is 0 Å². The Balaban J connectivity index is 1.50. The number of nitrogens with zero attached hydrogens (tertiary/aromatic N) is 1. The summed E-state index contributed by atoms with van der Waals surface area (Å²) < 4.78 is 11.7. The molecule has 4 nitrogen and oxygen atoms in total. The molecule has 0 spiro atoms. The molecule has 0 aromatic heterocycles. The summed E-state index contributed by atoms with van der Waals surface area (Å²) in [5, 5.41) is 0. The van der Waals surface area contributed by atoms with E-state index in [0.717, 1.165) is 22.6 Å². The van der Waals surface area contributed by atoms with Gasteiger partial charge in [-0.05, 0) is 53.9 Å². The first-order chi connectivity index (χ1) is 17.2. The van der Waals surface area contributed by atoms with Crippen LogP contribution in [-0.4, -0.2) is 19.1 Å². The predicted octanol–water partition coefficient (Wildman–Crippen LogP) is 6.72. The first-order valence-corrected chi connectivity index (χ1v) is 11.7. The average molecular weight is 464 g/mol. The van der Waals surface area contributed by atoms with E-state index in [9.17, 15) is 4.79 Å². The van der Waals surface area contributed by atoms with Gasteiger partial charge in [0, 0.05) is 12.2 Å². The van der Waals surface area contributed by atoms with Gasteiger partial charge in [-0.3, -0.25) is 4.79 Å². The smallest absolute Gasteiger partial charge is 0.262 e. The second kappa shape index (κ2) is 12.2. The molecule has 4 rings (SSSR count). The highest BCUT2D eigenvalue weighted by atomic mass is 16.5. The lowest BCUT2D eigenvalue weighted by molar-refractivity contribution is 0.0984. The molecular weight excluding hydrogens is 434 g/mol. The first-order valence-electron chi connectivity index (χ1n) is 11.7.